The molecular weight excluding hydrogens is 491 g/mol. The Bertz CT molecular complexity index is 1310. The minimum Gasteiger partial charge on any atom is -0.334 e. The molecule has 1 amide bonds. The largest absolute Gasteiger partial charge is 0.435 e. The van der Waals surface area contributed by atoms with Crippen LogP contribution in [0.3, 0.4) is 0 Å². The Balaban J connectivity index is 2.16. The Labute approximate surface area is 222 Å². The van der Waals surface area contributed by atoms with Gasteiger partial charge in [0.25, 0.3) is 0 Å². The third kappa shape index (κ3) is 6.43. The van der Waals surface area contributed by atoms with E-state index in [1.54, 1.807) is 55.2 Å². The summed E-state index contributed by atoms with van der Waals surface area (Å²) >= 11 is 0. The van der Waals surface area contributed by atoms with Crippen LogP contribution in [0.25, 0.3) is 11.1 Å². The molecule has 2 heterocycles. The molecule has 2 aromatic rings. The van der Waals surface area contributed by atoms with Crippen LogP contribution < -0.4 is 0 Å². The number of nitriles is 1. The van der Waals surface area contributed by atoms with Gasteiger partial charge in [0, 0.05) is 55.0 Å². The summed E-state index contributed by atoms with van der Waals surface area (Å²) in [6, 6.07) is 9.14. The monoisotopic (exact) mass is 525 g/mol. The third-order valence-corrected chi connectivity index (χ3v) is 6.87. The number of nitrogens with zero attached hydrogens (tertiary/aromatic N) is 5. The number of carbonyl (C=O) groups excluding carboxylic acids is 1. The van der Waals surface area contributed by atoms with Crippen molar-refractivity contribution in [3.8, 4) is 17.2 Å². The number of likely N-dealkylation sites (N-methyl/N-ethyl adjacent to an activating group) is 1. The van der Waals surface area contributed by atoms with Gasteiger partial charge in [-0.15, -0.1) is 0 Å². The van der Waals surface area contributed by atoms with E-state index in [4.69, 9.17) is 0 Å². The molecule has 202 valence electrons. The number of hydrogen-bond acceptors (Lipinski definition) is 4. The molecule has 0 aliphatic carbocycles. The Morgan fingerprint density at radius 3 is 2.58 bits per heavy atom. The van der Waals surface area contributed by atoms with E-state index in [2.05, 4.69) is 11.2 Å². The summed E-state index contributed by atoms with van der Waals surface area (Å²) in [5.41, 5.74) is 2.31. The van der Waals surface area contributed by atoms with Crippen molar-refractivity contribution in [2.45, 2.75) is 52.4 Å². The zero-order chi connectivity index (χ0) is 28.2. The average molecular weight is 526 g/mol. The highest BCUT2D eigenvalue weighted by Gasteiger charge is 2.39. The molecule has 1 unspecified atom stereocenters. The maximum atomic E-state index is 14.0. The van der Waals surface area contributed by atoms with Gasteiger partial charge >= 0.3 is 6.18 Å². The molecule has 1 aliphatic rings. The normalized spacial score (nSPS) is 17.9. The first-order valence-corrected chi connectivity index (χ1v) is 12.5. The second-order valence-corrected chi connectivity index (χ2v) is 9.84. The van der Waals surface area contributed by atoms with Crippen LogP contribution in [-0.4, -0.2) is 58.7 Å². The van der Waals surface area contributed by atoms with Gasteiger partial charge in [-0.05, 0) is 64.6 Å². The van der Waals surface area contributed by atoms with Crippen LogP contribution in [0.4, 0.5) is 13.2 Å². The van der Waals surface area contributed by atoms with Gasteiger partial charge in [0.05, 0.1) is 6.07 Å². The fraction of sp³-hybridized carbons (Fsp3) is 0.414. The fourth-order valence-electron chi connectivity index (χ4n) is 4.52. The SMILES string of the molecule is CCn1cc(-c2ccccc2[C@@H]2CN(C(=O)/C=C/C(C)N(C)C)CC(C)=C2/C=C(\C)C#N)c(C(F)(F)F)n1. The maximum Gasteiger partial charge on any atom is 0.435 e. The van der Waals surface area contributed by atoms with E-state index in [1.165, 1.54) is 10.9 Å². The molecule has 0 bridgehead atoms. The summed E-state index contributed by atoms with van der Waals surface area (Å²) in [5, 5.41) is 13.3. The third-order valence-electron chi connectivity index (χ3n) is 6.87. The first-order chi connectivity index (χ1) is 17.9. The smallest absolute Gasteiger partial charge is 0.334 e. The summed E-state index contributed by atoms with van der Waals surface area (Å²) in [7, 11) is 3.85. The summed E-state index contributed by atoms with van der Waals surface area (Å²) in [6.07, 6.45) is 1.95. The van der Waals surface area contributed by atoms with Crippen LogP contribution in [0.2, 0.25) is 0 Å². The molecule has 0 radical (unpaired) electrons. The molecule has 0 saturated carbocycles. The number of aryl methyl sites for hydroxylation is 1. The lowest BCUT2D eigenvalue weighted by atomic mass is 9.80. The van der Waals surface area contributed by atoms with Gasteiger partial charge in [0.15, 0.2) is 5.69 Å². The standard InChI is InChI=1S/C29H34F3N5O/c1-7-37-18-26(28(34-37)29(30,31)32)23-11-9-8-10-22(23)25-17-36(27(38)13-12-21(4)35(5)6)16-20(3)24(25)14-19(2)15-33/h8-14,18,21,25H,7,16-17H2,1-6H3/b13-12+,19-14+/t21?,25-/m0/s1. The van der Waals surface area contributed by atoms with Gasteiger partial charge in [-0.25, -0.2) is 0 Å². The number of benzene rings is 1. The van der Waals surface area contributed by atoms with Crippen LogP contribution in [0, 0.1) is 11.3 Å². The number of alkyl halides is 3. The summed E-state index contributed by atoms with van der Waals surface area (Å²) in [6.45, 7) is 8.23. The van der Waals surface area contributed by atoms with Crippen molar-refractivity contribution in [2.75, 3.05) is 27.2 Å². The summed E-state index contributed by atoms with van der Waals surface area (Å²) in [4.78, 5) is 16.9. The first kappa shape index (κ1) is 28.9. The van der Waals surface area contributed by atoms with E-state index >= 15 is 0 Å². The predicted molar refractivity (Wildman–Crippen MR) is 142 cm³/mol. The zero-order valence-corrected chi connectivity index (χ0v) is 22.7. The average Bonchev–Trinajstić information content (AvgIpc) is 3.33. The lowest BCUT2D eigenvalue weighted by molar-refractivity contribution is -0.141. The van der Waals surface area contributed by atoms with E-state index in [0.717, 1.165) is 11.1 Å². The van der Waals surface area contributed by atoms with E-state index in [1.807, 2.05) is 38.9 Å². The van der Waals surface area contributed by atoms with Gasteiger partial charge in [-0.1, -0.05) is 35.9 Å². The zero-order valence-electron chi connectivity index (χ0n) is 22.7. The minimum atomic E-state index is -4.63. The number of aromatic nitrogens is 2. The minimum absolute atomic E-state index is 0.00362. The highest BCUT2D eigenvalue weighted by molar-refractivity contribution is 5.88. The van der Waals surface area contributed by atoms with Crippen molar-refractivity contribution in [3.63, 3.8) is 0 Å². The number of hydrogen-bond donors (Lipinski definition) is 0. The van der Waals surface area contributed by atoms with Gasteiger partial charge in [0.2, 0.25) is 5.91 Å². The fourth-order valence-corrected chi connectivity index (χ4v) is 4.52. The number of rotatable bonds is 7. The van der Waals surface area contributed by atoms with Crippen LogP contribution >= 0.6 is 0 Å². The molecule has 9 heteroatoms. The second kappa shape index (κ2) is 11.8. The molecule has 6 nitrogen and oxygen atoms in total. The van der Waals surface area contributed by atoms with Crippen LogP contribution in [0.1, 0.15) is 44.9 Å². The van der Waals surface area contributed by atoms with Crippen molar-refractivity contribution in [1.29, 1.82) is 5.26 Å². The van der Waals surface area contributed by atoms with Crippen molar-refractivity contribution in [2.24, 2.45) is 0 Å². The highest BCUT2D eigenvalue weighted by Crippen LogP contribution is 2.42. The molecule has 3 rings (SSSR count). The number of allylic oxidation sites excluding steroid dienone is 2. The molecular formula is C29H34F3N5O. The quantitative estimate of drug-likeness (QED) is 0.338. The second-order valence-electron chi connectivity index (χ2n) is 9.84. The van der Waals surface area contributed by atoms with Gasteiger partial charge in [-0.2, -0.15) is 23.5 Å². The van der Waals surface area contributed by atoms with E-state index < -0.39 is 17.8 Å². The maximum absolute atomic E-state index is 14.0. The molecule has 1 aliphatic heterocycles. The van der Waals surface area contributed by atoms with Gasteiger partial charge in [0.1, 0.15) is 0 Å². The summed E-state index contributed by atoms with van der Waals surface area (Å²) in [5.74, 6) is -0.603. The van der Waals surface area contributed by atoms with Crippen LogP contribution in [-0.2, 0) is 17.5 Å². The topological polar surface area (TPSA) is 65.2 Å². The van der Waals surface area contributed by atoms with E-state index in [9.17, 15) is 23.2 Å². The van der Waals surface area contributed by atoms with Crippen molar-refractivity contribution in [1.82, 2.24) is 19.6 Å². The molecule has 0 fully saturated rings. The number of carbonyl (C=O) groups is 1. The number of halogens is 3. The Morgan fingerprint density at radius 2 is 1.97 bits per heavy atom. The lowest BCUT2D eigenvalue weighted by Gasteiger charge is -2.36. The molecule has 0 N–H and O–H groups in total. The van der Waals surface area contributed by atoms with Crippen LogP contribution in [0.5, 0.6) is 0 Å². The molecule has 38 heavy (non-hydrogen) atoms. The molecule has 1 aromatic heterocycles. The first-order valence-electron chi connectivity index (χ1n) is 12.5. The Kier molecular flexibility index (Phi) is 9.00. The Hall–Kier alpha value is -3.64. The van der Waals surface area contributed by atoms with Crippen molar-refractivity contribution in [3.05, 3.63) is 76.7 Å². The molecule has 0 saturated heterocycles. The van der Waals surface area contributed by atoms with Crippen LogP contribution in [0.15, 0.2) is 65.4 Å². The van der Waals surface area contributed by atoms with E-state index in [-0.39, 0.29) is 24.1 Å². The molecule has 1 aromatic carbocycles. The lowest BCUT2D eigenvalue weighted by Crippen LogP contribution is -2.39. The highest BCUT2D eigenvalue weighted by atomic mass is 19.4. The predicted octanol–water partition coefficient (Wildman–Crippen LogP) is 5.81. The number of amides is 1. The molecule has 0 spiro atoms. The van der Waals surface area contributed by atoms with Crippen molar-refractivity contribution >= 4 is 5.91 Å². The Morgan fingerprint density at radius 1 is 1.29 bits per heavy atom. The summed E-state index contributed by atoms with van der Waals surface area (Å²) < 4.78 is 43.3. The molecule has 2 atom stereocenters. The van der Waals surface area contributed by atoms with Gasteiger partial charge < -0.3 is 9.80 Å². The van der Waals surface area contributed by atoms with Crippen molar-refractivity contribution < 1.29 is 18.0 Å². The van der Waals surface area contributed by atoms with Gasteiger partial charge in [-0.3, -0.25) is 9.48 Å². The van der Waals surface area contributed by atoms with E-state index in [0.29, 0.717) is 29.8 Å².